The SMILES string of the molecule is CCN(C)C(C)CCC(=O)CCC(C)N(C)CC. The molecule has 0 N–H and O–H groups in total. The summed E-state index contributed by atoms with van der Waals surface area (Å²) in [5, 5.41) is 0. The summed E-state index contributed by atoms with van der Waals surface area (Å²) in [7, 11) is 4.24. The number of carbonyl (C=O) groups excluding carboxylic acids is 1. The summed E-state index contributed by atoms with van der Waals surface area (Å²) in [4.78, 5) is 16.4. The lowest BCUT2D eigenvalue weighted by Crippen LogP contribution is -2.30. The molecule has 0 rings (SSSR count). The maximum Gasteiger partial charge on any atom is 0.133 e. The van der Waals surface area contributed by atoms with Gasteiger partial charge in [-0.25, -0.2) is 0 Å². The summed E-state index contributed by atoms with van der Waals surface area (Å²) in [6, 6.07) is 1.02. The third-order valence-electron chi connectivity index (χ3n) is 4.18. The van der Waals surface area contributed by atoms with Crippen LogP contribution >= 0.6 is 0 Å². The predicted molar refractivity (Wildman–Crippen MR) is 79.0 cm³/mol. The van der Waals surface area contributed by atoms with E-state index in [1.807, 2.05) is 0 Å². The van der Waals surface area contributed by atoms with Gasteiger partial charge in [0.05, 0.1) is 0 Å². The van der Waals surface area contributed by atoms with Gasteiger partial charge in [-0.1, -0.05) is 13.8 Å². The van der Waals surface area contributed by atoms with E-state index >= 15 is 0 Å². The molecule has 0 aromatic carbocycles. The van der Waals surface area contributed by atoms with Crippen molar-refractivity contribution in [2.24, 2.45) is 0 Å². The van der Waals surface area contributed by atoms with Gasteiger partial charge in [-0.05, 0) is 53.9 Å². The number of ketones is 1. The Hall–Kier alpha value is -0.410. The zero-order valence-electron chi connectivity index (χ0n) is 13.2. The van der Waals surface area contributed by atoms with Crippen molar-refractivity contribution in [3.63, 3.8) is 0 Å². The summed E-state index contributed by atoms with van der Waals surface area (Å²) in [6.45, 7) is 10.8. The molecule has 0 aromatic heterocycles. The van der Waals surface area contributed by atoms with Crippen molar-refractivity contribution in [1.82, 2.24) is 9.80 Å². The van der Waals surface area contributed by atoms with E-state index in [0.29, 0.717) is 17.9 Å². The van der Waals surface area contributed by atoms with E-state index in [-0.39, 0.29) is 0 Å². The van der Waals surface area contributed by atoms with E-state index < -0.39 is 0 Å². The summed E-state index contributed by atoms with van der Waals surface area (Å²) in [6.07, 6.45) is 3.43. The average Bonchev–Trinajstić information content (AvgIpc) is 2.39. The molecule has 0 bridgehead atoms. The largest absolute Gasteiger partial charge is 0.304 e. The van der Waals surface area contributed by atoms with Crippen LogP contribution < -0.4 is 0 Å². The van der Waals surface area contributed by atoms with Crippen LogP contribution in [0.2, 0.25) is 0 Å². The van der Waals surface area contributed by atoms with Gasteiger partial charge >= 0.3 is 0 Å². The first kappa shape index (κ1) is 17.6. The Labute approximate surface area is 114 Å². The van der Waals surface area contributed by atoms with Crippen LogP contribution in [0, 0.1) is 0 Å². The average molecular weight is 256 g/mol. The van der Waals surface area contributed by atoms with Crippen LogP contribution in [0.15, 0.2) is 0 Å². The molecule has 0 aliphatic rings. The van der Waals surface area contributed by atoms with Gasteiger partial charge in [0.25, 0.3) is 0 Å². The molecule has 0 amide bonds. The van der Waals surface area contributed by atoms with Crippen molar-refractivity contribution >= 4 is 5.78 Å². The van der Waals surface area contributed by atoms with E-state index in [1.54, 1.807) is 0 Å². The lowest BCUT2D eigenvalue weighted by atomic mass is 10.0. The zero-order valence-corrected chi connectivity index (χ0v) is 13.2. The lowest BCUT2D eigenvalue weighted by Gasteiger charge is -2.24. The Morgan fingerprint density at radius 2 is 1.22 bits per heavy atom. The molecule has 0 saturated heterocycles. The molecule has 0 aromatic rings. The number of rotatable bonds is 10. The number of carbonyl (C=O) groups is 1. The minimum atomic E-state index is 0.419. The van der Waals surface area contributed by atoms with Gasteiger partial charge in [0.2, 0.25) is 0 Å². The maximum absolute atomic E-state index is 11.8. The molecule has 18 heavy (non-hydrogen) atoms. The molecule has 0 aliphatic heterocycles. The van der Waals surface area contributed by atoms with Crippen molar-refractivity contribution < 1.29 is 4.79 Å². The monoisotopic (exact) mass is 256 g/mol. The van der Waals surface area contributed by atoms with Crippen molar-refractivity contribution in [3.8, 4) is 0 Å². The Morgan fingerprint density at radius 1 is 0.889 bits per heavy atom. The number of hydrogen-bond donors (Lipinski definition) is 0. The maximum atomic E-state index is 11.8. The zero-order chi connectivity index (χ0) is 14.1. The summed E-state index contributed by atoms with van der Waals surface area (Å²) in [5.74, 6) is 0.419. The van der Waals surface area contributed by atoms with E-state index in [2.05, 4.69) is 51.6 Å². The molecule has 0 fully saturated rings. The fourth-order valence-corrected chi connectivity index (χ4v) is 1.93. The Kier molecular flexibility index (Phi) is 9.29. The van der Waals surface area contributed by atoms with Crippen LogP contribution in [-0.4, -0.2) is 54.9 Å². The van der Waals surface area contributed by atoms with Crippen LogP contribution in [0.3, 0.4) is 0 Å². The van der Waals surface area contributed by atoms with Gasteiger partial charge in [0, 0.05) is 24.9 Å². The number of nitrogens with zero attached hydrogens (tertiary/aromatic N) is 2. The minimum Gasteiger partial charge on any atom is -0.304 e. The third-order valence-corrected chi connectivity index (χ3v) is 4.18. The number of hydrogen-bond acceptors (Lipinski definition) is 3. The lowest BCUT2D eigenvalue weighted by molar-refractivity contribution is -0.119. The molecule has 3 nitrogen and oxygen atoms in total. The fourth-order valence-electron chi connectivity index (χ4n) is 1.93. The molecule has 0 saturated carbocycles. The Balaban J connectivity index is 3.78. The fraction of sp³-hybridized carbons (Fsp3) is 0.933. The van der Waals surface area contributed by atoms with Gasteiger partial charge in [-0.2, -0.15) is 0 Å². The molecule has 0 heterocycles. The smallest absolute Gasteiger partial charge is 0.133 e. The first-order chi connectivity index (χ1) is 8.42. The quantitative estimate of drug-likeness (QED) is 0.600. The molecule has 0 aliphatic carbocycles. The molecule has 0 radical (unpaired) electrons. The predicted octanol–water partition coefficient (Wildman–Crippen LogP) is 2.80. The Morgan fingerprint density at radius 3 is 1.50 bits per heavy atom. The second-order valence-corrected chi connectivity index (χ2v) is 5.46. The van der Waals surface area contributed by atoms with Crippen LogP contribution in [0.5, 0.6) is 0 Å². The highest BCUT2D eigenvalue weighted by atomic mass is 16.1. The highest BCUT2D eigenvalue weighted by molar-refractivity contribution is 5.78. The second-order valence-electron chi connectivity index (χ2n) is 5.46. The standard InChI is InChI=1S/C15H32N2O/c1-7-16(5)13(3)9-11-15(18)12-10-14(4)17(6)8-2/h13-14H,7-12H2,1-6H3. The highest BCUT2D eigenvalue weighted by Gasteiger charge is 2.12. The second kappa shape index (κ2) is 9.51. The van der Waals surface area contributed by atoms with Gasteiger partial charge < -0.3 is 9.80 Å². The van der Waals surface area contributed by atoms with E-state index in [0.717, 1.165) is 38.8 Å². The van der Waals surface area contributed by atoms with Gasteiger partial charge in [0.1, 0.15) is 5.78 Å². The van der Waals surface area contributed by atoms with Gasteiger partial charge in [-0.3, -0.25) is 4.79 Å². The van der Waals surface area contributed by atoms with E-state index in [1.165, 1.54) is 0 Å². The highest BCUT2D eigenvalue weighted by Crippen LogP contribution is 2.10. The first-order valence-electron chi connectivity index (χ1n) is 7.34. The van der Waals surface area contributed by atoms with E-state index in [4.69, 9.17) is 0 Å². The first-order valence-corrected chi connectivity index (χ1v) is 7.34. The van der Waals surface area contributed by atoms with Crippen molar-refractivity contribution in [1.29, 1.82) is 0 Å². The van der Waals surface area contributed by atoms with Crippen LogP contribution in [0.4, 0.5) is 0 Å². The van der Waals surface area contributed by atoms with Crippen LogP contribution in [-0.2, 0) is 4.79 Å². The minimum absolute atomic E-state index is 0.419. The van der Waals surface area contributed by atoms with Crippen molar-refractivity contribution in [3.05, 3.63) is 0 Å². The molecular formula is C15H32N2O. The summed E-state index contributed by atoms with van der Waals surface area (Å²) < 4.78 is 0. The molecule has 0 spiro atoms. The van der Waals surface area contributed by atoms with Crippen molar-refractivity contribution in [2.75, 3.05) is 27.2 Å². The third kappa shape index (κ3) is 7.12. The molecular weight excluding hydrogens is 224 g/mol. The van der Waals surface area contributed by atoms with Gasteiger partial charge in [0.15, 0.2) is 0 Å². The van der Waals surface area contributed by atoms with Crippen LogP contribution in [0.25, 0.3) is 0 Å². The molecule has 108 valence electrons. The van der Waals surface area contributed by atoms with Crippen molar-refractivity contribution in [2.45, 2.75) is 65.5 Å². The van der Waals surface area contributed by atoms with E-state index in [9.17, 15) is 4.79 Å². The molecule has 2 unspecified atom stereocenters. The molecule has 3 heteroatoms. The van der Waals surface area contributed by atoms with Crippen LogP contribution in [0.1, 0.15) is 53.4 Å². The summed E-state index contributed by atoms with van der Waals surface area (Å²) in [5.41, 5.74) is 0. The normalized spacial score (nSPS) is 15.1. The number of Topliss-reactive ketones (excluding diaryl/α,β-unsaturated/α-hetero) is 1. The van der Waals surface area contributed by atoms with Gasteiger partial charge in [-0.15, -0.1) is 0 Å². The summed E-state index contributed by atoms with van der Waals surface area (Å²) >= 11 is 0. The topological polar surface area (TPSA) is 23.6 Å². The molecule has 2 atom stereocenters. The Bertz CT molecular complexity index is 209.